The van der Waals surface area contributed by atoms with E-state index in [1.54, 1.807) is 4.90 Å². The Morgan fingerprint density at radius 3 is 2.58 bits per heavy atom. The number of benzene rings is 1. The van der Waals surface area contributed by atoms with Gasteiger partial charge in [-0.2, -0.15) is 10.2 Å². The van der Waals surface area contributed by atoms with E-state index in [-0.39, 0.29) is 34.0 Å². The molecule has 0 spiro atoms. The summed E-state index contributed by atoms with van der Waals surface area (Å²) >= 11 is 0. The molecule has 1 saturated carbocycles. The van der Waals surface area contributed by atoms with Crippen molar-refractivity contribution in [2.45, 2.75) is 44.1 Å². The molecule has 1 saturated heterocycles. The summed E-state index contributed by atoms with van der Waals surface area (Å²) in [7, 11) is 2.08. The van der Waals surface area contributed by atoms with Crippen LogP contribution in [-0.4, -0.2) is 58.8 Å². The van der Waals surface area contributed by atoms with E-state index in [4.69, 9.17) is 5.73 Å². The third-order valence-corrected chi connectivity index (χ3v) is 8.22. The number of hydrogen-bond donors (Lipinski definition) is 1. The van der Waals surface area contributed by atoms with Crippen LogP contribution in [0.2, 0.25) is 0 Å². The lowest BCUT2D eigenvalue weighted by atomic mass is 9.63. The minimum atomic E-state index is -0.643. The maximum atomic E-state index is 14.4. The fraction of sp³-hybridized carbons (Fsp3) is 0.522. The summed E-state index contributed by atoms with van der Waals surface area (Å²) in [5.41, 5.74) is 7.17. The number of carbonyl (C=O) groups excluding carboxylic acids is 1. The monoisotopic (exact) mass is 427 g/mol. The van der Waals surface area contributed by atoms with E-state index < -0.39 is 17.7 Å². The lowest BCUT2D eigenvalue weighted by molar-refractivity contribution is 0.0211. The summed E-state index contributed by atoms with van der Waals surface area (Å²) in [6.45, 7) is 6.36. The summed E-state index contributed by atoms with van der Waals surface area (Å²) in [4.78, 5) is 15.9. The summed E-state index contributed by atoms with van der Waals surface area (Å²) < 4.78 is 28.8. The van der Waals surface area contributed by atoms with Crippen molar-refractivity contribution in [1.82, 2.24) is 20.0 Å². The number of nitrogens with zero attached hydrogens (tertiary/aromatic N) is 4. The van der Waals surface area contributed by atoms with Gasteiger partial charge in [0, 0.05) is 31.1 Å². The van der Waals surface area contributed by atoms with Crippen LogP contribution in [0, 0.1) is 17.0 Å². The molecule has 31 heavy (non-hydrogen) atoms. The van der Waals surface area contributed by atoms with Crippen LogP contribution in [0.15, 0.2) is 24.3 Å². The fourth-order valence-electron chi connectivity index (χ4n) is 6.58. The number of piperazine rings is 1. The van der Waals surface area contributed by atoms with E-state index in [0.29, 0.717) is 13.1 Å². The van der Waals surface area contributed by atoms with Crippen LogP contribution in [-0.2, 0) is 5.41 Å². The lowest BCUT2D eigenvalue weighted by Gasteiger charge is -2.51. The molecule has 2 fully saturated rings. The number of carbonyl (C=O) groups is 1. The smallest absolute Gasteiger partial charge is 0.314 e. The Kier molecular flexibility index (Phi) is 4.38. The summed E-state index contributed by atoms with van der Waals surface area (Å²) in [5, 5.41) is 8.90. The first-order chi connectivity index (χ1) is 14.7. The van der Waals surface area contributed by atoms with Gasteiger partial charge in [0.15, 0.2) is 0 Å². The molecule has 8 heteroatoms. The summed E-state index contributed by atoms with van der Waals surface area (Å²) in [6.07, 6.45) is 1.90. The Labute approximate surface area is 180 Å². The normalized spacial score (nSPS) is 29.3. The van der Waals surface area contributed by atoms with Crippen LogP contribution in [0.4, 0.5) is 13.6 Å². The Morgan fingerprint density at radius 1 is 1.19 bits per heavy atom. The number of likely N-dealkylation sites (N-methyl/N-ethyl adjacent to an activating group) is 1. The number of rotatable bonds is 2. The standard InChI is InChI=1S/C23H27F2N5O/c1-22(2)14-7-8-23(22,18-12-30(21(26)31)10-9-29(18)3)20-13(14)11-17(27-28-20)19-15(24)5-4-6-16(19)25/h4-6,11,14,18H,7-10,12H2,1-3H3,(H2,26,31). The number of fused-ring (bicyclic) bond motifs is 5. The van der Waals surface area contributed by atoms with Crippen molar-refractivity contribution >= 4 is 6.03 Å². The maximum absolute atomic E-state index is 14.4. The average Bonchev–Trinajstić information content (AvgIpc) is 3.09. The zero-order chi connectivity index (χ0) is 22.1. The second kappa shape index (κ2) is 6.69. The molecule has 2 heterocycles. The molecule has 1 aliphatic heterocycles. The van der Waals surface area contributed by atoms with Crippen LogP contribution in [0.3, 0.4) is 0 Å². The van der Waals surface area contributed by atoms with E-state index in [9.17, 15) is 13.6 Å². The van der Waals surface area contributed by atoms with Gasteiger partial charge in [-0.1, -0.05) is 19.9 Å². The molecular formula is C23H27F2N5O. The van der Waals surface area contributed by atoms with E-state index in [0.717, 1.165) is 30.6 Å². The van der Waals surface area contributed by atoms with Gasteiger partial charge in [0.05, 0.1) is 17.0 Å². The number of nitrogens with two attached hydrogens (primary N) is 1. The van der Waals surface area contributed by atoms with Crippen molar-refractivity contribution in [2.75, 3.05) is 26.7 Å². The van der Waals surface area contributed by atoms with Gasteiger partial charge in [0.2, 0.25) is 0 Å². The molecule has 164 valence electrons. The van der Waals surface area contributed by atoms with Gasteiger partial charge in [0.1, 0.15) is 11.6 Å². The zero-order valence-corrected chi connectivity index (χ0v) is 18.0. The highest BCUT2D eigenvalue weighted by atomic mass is 19.1. The summed E-state index contributed by atoms with van der Waals surface area (Å²) in [6, 6.07) is 5.28. The Bertz CT molecular complexity index is 1050. The van der Waals surface area contributed by atoms with E-state index in [1.807, 2.05) is 6.07 Å². The molecule has 3 unspecified atom stereocenters. The Balaban J connectivity index is 1.64. The molecule has 2 N–H and O–H groups in total. The van der Waals surface area contributed by atoms with Crippen molar-refractivity contribution in [3.05, 3.63) is 47.2 Å². The van der Waals surface area contributed by atoms with Gasteiger partial charge < -0.3 is 10.6 Å². The largest absolute Gasteiger partial charge is 0.351 e. The van der Waals surface area contributed by atoms with Gasteiger partial charge in [-0.05, 0) is 55.0 Å². The third kappa shape index (κ3) is 2.60. The molecule has 3 aliphatic rings. The second-order valence-corrected chi connectivity index (χ2v) is 9.70. The SMILES string of the molecule is CN1CCN(C(N)=O)CC1C12CCC(c3cc(-c4c(F)cccc4F)nnc31)C2(C)C. The van der Waals surface area contributed by atoms with Crippen molar-refractivity contribution in [3.8, 4) is 11.3 Å². The molecule has 2 amide bonds. The minimum absolute atomic E-state index is 0.0420. The van der Waals surface area contributed by atoms with Crippen LogP contribution >= 0.6 is 0 Å². The number of urea groups is 1. The summed E-state index contributed by atoms with van der Waals surface area (Å²) in [5.74, 6) is -1.07. The van der Waals surface area contributed by atoms with Crippen LogP contribution in [0.25, 0.3) is 11.3 Å². The molecule has 2 aromatic rings. The lowest BCUT2D eigenvalue weighted by Crippen LogP contribution is -2.64. The first-order valence-corrected chi connectivity index (χ1v) is 10.8. The van der Waals surface area contributed by atoms with Crippen LogP contribution < -0.4 is 5.73 Å². The molecule has 6 nitrogen and oxygen atoms in total. The zero-order valence-electron chi connectivity index (χ0n) is 18.0. The first-order valence-electron chi connectivity index (χ1n) is 10.8. The molecule has 1 aromatic carbocycles. The minimum Gasteiger partial charge on any atom is -0.351 e. The average molecular weight is 427 g/mol. The van der Waals surface area contributed by atoms with Crippen molar-refractivity contribution in [3.63, 3.8) is 0 Å². The maximum Gasteiger partial charge on any atom is 0.314 e. The number of hydrogen-bond acceptors (Lipinski definition) is 4. The quantitative estimate of drug-likeness (QED) is 0.798. The van der Waals surface area contributed by atoms with E-state index in [1.165, 1.54) is 18.2 Å². The molecule has 2 bridgehead atoms. The molecular weight excluding hydrogens is 400 g/mol. The molecule has 2 aliphatic carbocycles. The van der Waals surface area contributed by atoms with Gasteiger partial charge >= 0.3 is 6.03 Å². The highest BCUT2D eigenvalue weighted by molar-refractivity contribution is 5.72. The number of primary amides is 1. The van der Waals surface area contributed by atoms with Gasteiger partial charge in [-0.3, -0.25) is 4.90 Å². The topological polar surface area (TPSA) is 75.3 Å². The highest BCUT2D eigenvalue weighted by Gasteiger charge is 2.67. The predicted molar refractivity (Wildman–Crippen MR) is 112 cm³/mol. The Hall–Kier alpha value is -2.61. The van der Waals surface area contributed by atoms with Crippen molar-refractivity contribution in [1.29, 1.82) is 0 Å². The van der Waals surface area contributed by atoms with Gasteiger partial charge in [-0.15, -0.1) is 0 Å². The molecule has 1 aromatic heterocycles. The highest BCUT2D eigenvalue weighted by Crippen LogP contribution is 2.69. The van der Waals surface area contributed by atoms with Crippen molar-refractivity contribution in [2.24, 2.45) is 11.1 Å². The van der Waals surface area contributed by atoms with E-state index >= 15 is 0 Å². The number of amides is 2. The van der Waals surface area contributed by atoms with Gasteiger partial charge in [-0.25, -0.2) is 13.6 Å². The van der Waals surface area contributed by atoms with Crippen molar-refractivity contribution < 1.29 is 13.6 Å². The molecule has 0 radical (unpaired) electrons. The Morgan fingerprint density at radius 2 is 1.90 bits per heavy atom. The van der Waals surface area contributed by atoms with Crippen LogP contribution in [0.5, 0.6) is 0 Å². The molecule has 5 rings (SSSR count). The van der Waals surface area contributed by atoms with Crippen LogP contribution in [0.1, 0.15) is 43.9 Å². The third-order valence-electron chi connectivity index (χ3n) is 8.22. The van der Waals surface area contributed by atoms with E-state index in [2.05, 4.69) is 36.0 Å². The molecule has 3 atom stereocenters. The first kappa shape index (κ1) is 20.3. The van der Waals surface area contributed by atoms with Gasteiger partial charge in [0.25, 0.3) is 0 Å². The second-order valence-electron chi connectivity index (χ2n) is 9.70. The number of halogens is 2. The number of aromatic nitrogens is 2. The predicted octanol–water partition coefficient (Wildman–Crippen LogP) is 3.27. The fourth-order valence-corrected chi connectivity index (χ4v) is 6.58.